The number of hydrogen-bond acceptors (Lipinski definition) is 3. The predicted octanol–water partition coefficient (Wildman–Crippen LogP) is 1.80. The number of nitrogens with two attached hydrogens (primary N) is 1. The fourth-order valence-electron chi connectivity index (χ4n) is 1.66. The largest absolute Gasteiger partial charge is 0.411 e. The Hall–Kier alpha value is -1.79. The van der Waals surface area contributed by atoms with Gasteiger partial charge in [0.1, 0.15) is 5.54 Å². The number of carbonyl (C=O) groups excluding carboxylic acids is 1. The average molecular weight is 259 g/mol. The summed E-state index contributed by atoms with van der Waals surface area (Å²) in [6.45, 7) is 1.68. The molecule has 1 heterocycles. The fraction of sp³-hybridized carbons (Fsp3) is 0.455. The monoisotopic (exact) mass is 259 g/mol. The Labute approximate surface area is 101 Å². The summed E-state index contributed by atoms with van der Waals surface area (Å²) in [5.74, 6) is -0.838. The van der Waals surface area contributed by atoms with Gasteiger partial charge in [0.05, 0.1) is 5.56 Å². The molecule has 0 atom stereocenters. The van der Waals surface area contributed by atoms with Gasteiger partial charge in [0.25, 0.3) is 5.91 Å². The lowest BCUT2D eigenvalue weighted by Gasteiger charge is -2.21. The van der Waals surface area contributed by atoms with Gasteiger partial charge in [0.2, 0.25) is 0 Å². The molecule has 1 aliphatic rings. The molecule has 0 saturated heterocycles. The first-order valence-electron chi connectivity index (χ1n) is 5.36. The van der Waals surface area contributed by atoms with Crippen LogP contribution in [-0.2, 0) is 0 Å². The Morgan fingerprint density at radius 1 is 1.50 bits per heavy atom. The van der Waals surface area contributed by atoms with Crippen molar-refractivity contribution in [3.05, 3.63) is 23.5 Å². The Balaban J connectivity index is 2.19. The first kappa shape index (κ1) is 12.7. The van der Waals surface area contributed by atoms with E-state index in [4.69, 9.17) is 5.73 Å². The van der Waals surface area contributed by atoms with Gasteiger partial charge in [-0.3, -0.25) is 9.78 Å². The molecule has 1 fully saturated rings. The molecular weight excluding hydrogens is 247 g/mol. The van der Waals surface area contributed by atoms with E-state index in [0.29, 0.717) is 5.69 Å². The molecule has 0 aliphatic heterocycles. The van der Waals surface area contributed by atoms with Crippen molar-refractivity contribution in [2.75, 3.05) is 5.73 Å². The first-order chi connectivity index (χ1) is 8.25. The summed E-state index contributed by atoms with van der Waals surface area (Å²) in [6.07, 6.45) is -3.44. The molecule has 18 heavy (non-hydrogen) atoms. The molecule has 1 amide bonds. The number of anilines is 1. The summed E-state index contributed by atoms with van der Waals surface area (Å²) in [7, 11) is 0. The van der Waals surface area contributed by atoms with Crippen molar-refractivity contribution in [3.8, 4) is 0 Å². The highest BCUT2D eigenvalue weighted by Crippen LogP contribution is 2.49. The minimum Gasteiger partial charge on any atom is -0.398 e. The highest BCUT2D eigenvalue weighted by Gasteiger charge is 2.64. The summed E-state index contributed by atoms with van der Waals surface area (Å²) in [6, 6.07) is 1.45. The molecule has 0 aromatic carbocycles. The number of nitrogens with one attached hydrogen (secondary N) is 1. The normalized spacial score (nSPS) is 17.3. The second-order valence-corrected chi connectivity index (χ2v) is 4.45. The number of nitrogens with zero attached hydrogens (tertiary/aromatic N) is 1. The lowest BCUT2D eigenvalue weighted by atomic mass is 10.1. The molecule has 1 aromatic rings. The molecule has 4 nitrogen and oxygen atoms in total. The van der Waals surface area contributed by atoms with Crippen LogP contribution in [-0.4, -0.2) is 22.6 Å². The van der Waals surface area contributed by atoms with Crippen molar-refractivity contribution < 1.29 is 18.0 Å². The molecular formula is C11H12F3N3O. The van der Waals surface area contributed by atoms with Crippen LogP contribution in [0.25, 0.3) is 0 Å². The second kappa shape index (κ2) is 3.86. The number of alkyl halides is 3. The van der Waals surface area contributed by atoms with Crippen LogP contribution < -0.4 is 11.1 Å². The number of amides is 1. The number of halogens is 3. The third kappa shape index (κ3) is 2.12. The zero-order chi connectivity index (χ0) is 13.6. The standard InChI is InChI=1S/C11H12F3N3O/c1-6-4-8(15)7(5-16-6)9(18)17-10(2-3-10)11(12,13)14/h4-5H,2-3H2,1H3,(H2,15,16)(H,17,18). The van der Waals surface area contributed by atoms with Crippen LogP contribution in [0, 0.1) is 6.92 Å². The van der Waals surface area contributed by atoms with Gasteiger partial charge in [0.15, 0.2) is 0 Å². The van der Waals surface area contributed by atoms with Gasteiger partial charge >= 0.3 is 6.18 Å². The summed E-state index contributed by atoms with van der Waals surface area (Å²) in [5.41, 5.74) is 4.20. The van der Waals surface area contributed by atoms with Crippen molar-refractivity contribution in [1.29, 1.82) is 0 Å². The summed E-state index contributed by atoms with van der Waals surface area (Å²) in [4.78, 5) is 15.6. The topological polar surface area (TPSA) is 68.0 Å². The number of rotatable bonds is 2. The number of carbonyl (C=O) groups is 1. The lowest BCUT2D eigenvalue weighted by molar-refractivity contribution is -0.163. The van der Waals surface area contributed by atoms with Gasteiger partial charge in [-0.2, -0.15) is 13.2 Å². The van der Waals surface area contributed by atoms with E-state index in [9.17, 15) is 18.0 Å². The van der Waals surface area contributed by atoms with Crippen molar-refractivity contribution in [3.63, 3.8) is 0 Å². The number of hydrogen-bond donors (Lipinski definition) is 2. The summed E-state index contributed by atoms with van der Waals surface area (Å²) < 4.78 is 38.0. The van der Waals surface area contributed by atoms with Gasteiger partial charge < -0.3 is 11.1 Å². The van der Waals surface area contributed by atoms with Gasteiger partial charge in [-0.1, -0.05) is 0 Å². The van der Waals surface area contributed by atoms with Crippen molar-refractivity contribution >= 4 is 11.6 Å². The van der Waals surface area contributed by atoms with Gasteiger partial charge in [-0.05, 0) is 25.8 Å². The van der Waals surface area contributed by atoms with Crippen LogP contribution in [0.2, 0.25) is 0 Å². The number of pyridine rings is 1. The van der Waals surface area contributed by atoms with Crippen molar-refractivity contribution in [1.82, 2.24) is 10.3 Å². The minimum absolute atomic E-state index is 0.0314. The van der Waals surface area contributed by atoms with E-state index in [0.717, 1.165) is 0 Å². The predicted molar refractivity (Wildman–Crippen MR) is 58.9 cm³/mol. The van der Waals surface area contributed by atoms with Crippen LogP contribution in [0.1, 0.15) is 28.9 Å². The average Bonchev–Trinajstić information content (AvgIpc) is 2.97. The maximum atomic E-state index is 12.7. The molecule has 1 saturated carbocycles. The highest BCUT2D eigenvalue weighted by molar-refractivity contribution is 5.99. The zero-order valence-electron chi connectivity index (χ0n) is 9.64. The fourth-order valence-corrected chi connectivity index (χ4v) is 1.66. The van der Waals surface area contributed by atoms with Crippen molar-refractivity contribution in [2.45, 2.75) is 31.5 Å². The van der Waals surface area contributed by atoms with E-state index >= 15 is 0 Å². The van der Waals surface area contributed by atoms with E-state index in [1.807, 2.05) is 5.32 Å². The smallest absolute Gasteiger partial charge is 0.398 e. The maximum Gasteiger partial charge on any atom is 0.411 e. The molecule has 0 unspecified atom stereocenters. The molecule has 0 spiro atoms. The summed E-state index contributed by atoms with van der Waals surface area (Å²) in [5, 5.41) is 2.00. The Kier molecular flexibility index (Phi) is 2.71. The number of aromatic nitrogens is 1. The molecule has 98 valence electrons. The Morgan fingerprint density at radius 2 is 2.11 bits per heavy atom. The van der Waals surface area contributed by atoms with Gasteiger partial charge in [-0.25, -0.2) is 0 Å². The van der Waals surface area contributed by atoms with Crippen LogP contribution in [0.3, 0.4) is 0 Å². The molecule has 0 radical (unpaired) electrons. The maximum absolute atomic E-state index is 12.7. The molecule has 3 N–H and O–H groups in total. The van der Waals surface area contributed by atoms with Crippen LogP contribution in [0.5, 0.6) is 0 Å². The van der Waals surface area contributed by atoms with Crippen LogP contribution in [0.4, 0.5) is 18.9 Å². The lowest BCUT2D eigenvalue weighted by Crippen LogP contribution is -2.48. The second-order valence-electron chi connectivity index (χ2n) is 4.45. The Bertz CT molecular complexity index is 495. The Morgan fingerprint density at radius 3 is 2.56 bits per heavy atom. The first-order valence-corrected chi connectivity index (χ1v) is 5.36. The van der Waals surface area contributed by atoms with Crippen molar-refractivity contribution in [2.24, 2.45) is 0 Å². The zero-order valence-corrected chi connectivity index (χ0v) is 9.64. The molecule has 7 heteroatoms. The van der Waals surface area contributed by atoms with Gasteiger partial charge in [-0.15, -0.1) is 0 Å². The highest BCUT2D eigenvalue weighted by atomic mass is 19.4. The van der Waals surface area contributed by atoms with E-state index < -0.39 is 17.6 Å². The van der Waals surface area contributed by atoms with E-state index in [1.165, 1.54) is 12.3 Å². The number of nitrogen functional groups attached to an aromatic ring is 1. The van der Waals surface area contributed by atoms with E-state index in [1.54, 1.807) is 6.92 Å². The molecule has 1 aliphatic carbocycles. The third-order valence-electron chi connectivity index (χ3n) is 2.96. The molecule has 1 aromatic heterocycles. The van der Waals surface area contributed by atoms with Gasteiger partial charge in [0, 0.05) is 17.6 Å². The molecule has 0 bridgehead atoms. The minimum atomic E-state index is -4.43. The summed E-state index contributed by atoms with van der Waals surface area (Å²) >= 11 is 0. The van der Waals surface area contributed by atoms with Crippen LogP contribution in [0.15, 0.2) is 12.3 Å². The molecule has 2 rings (SSSR count). The quantitative estimate of drug-likeness (QED) is 0.850. The van der Waals surface area contributed by atoms with E-state index in [2.05, 4.69) is 4.98 Å². The number of aryl methyl sites for hydroxylation is 1. The SMILES string of the molecule is Cc1cc(N)c(C(=O)NC2(C(F)(F)F)CC2)cn1. The van der Waals surface area contributed by atoms with E-state index in [-0.39, 0.29) is 24.1 Å². The third-order valence-corrected chi connectivity index (χ3v) is 2.96. The van der Waals surface area contributed by atoms with Crippen LogP contribution >= 0.6 is 0 Å².